The molecule has 1 aromatic heterocycles. The molecule has 0 radical (unpaired) electrons. The van der Waals surface area contributed by atoms with E-state index in [0.717, 1.165) is 38.4 Å². The molecule has 0 amide bonds. The highest BCUT2D eigenvalue weighted by Gasteiger charge is 2.18. The fourth-order valence-electron chi connectivity index (χ4n) is 2.34. The van der Waals surface area contributed by atoms with Gasteiger partial charge in [-0.25, -0.2) is 0 Å². The summed E-state index contributed by atoms with van der Waals surface area (Å²) in [6.07, 6.45) is 4.62. The van der Waals surface area contributed by atoms with Gasteiger partial charge in [-0.05, 0) is 33.1 Å². The van der Waals surface area contributed by atoms with E-state index < -0.39 is 0 Å². The van der Waals surface area contributed by atoms with E-state index in [1.54, 1.807) is 0 Å². The average molecular weight is 279 g/mol. The molecule has 6 nitrogen and oxygen atoms in total. The standard InChI is InChI=1S/C14H25N5O/c1-4-8-11(3)20-14-17-12(15-5-2)16-13(18-14)19-9-6-7-10-19/h11H,4-10H2,1-3H3,(H,15,16,17,18). The van der Waals surface area contributed by atoms with Crippen LogP contribution in [0.4, 0.5) is 11.9 Å². The molecule has 1 aliphatic rings. The lowest BCUT2D eigenvalue weighted by Crippen LogP contribution is -2.23. The molecule has 1 atom stereocenters. The van der Waals surface area contributed by atoms with Crippen molar-refractivity contribution in [3.05, 3.63) is 0 Å². The van der Waals surface area contributed by atoms with E-state index in [2.05, 4.69) is 39.0 Å². The first-order chi connectivity index (χ1) is 9.72. The molecule has 0 spiro atoms. The molecule has 6 heteroatoms. The lowest BCUT2D eigenvalue weighted by Gasteiger charge is -2.18. The molecule has 1 aromatic rings. The third kappa shape index (κ3) is 3.95. The fourth-order valence-corrected chi connectivity index (χ4v) is 2.34. The average Bonchev–Trinajstić information content (AvgIpc) is 2.93. The molecule has 1 fully saturated rings. The van der Waals surface area contributed by atoms with Crippen LogP contribution in [0.25, 0.3) is 0 Å². The fraction of sp³-hybridized carbons (Fsp3) is 0.786. The van der Waals surface area contributed by atoms with Gasteiger partial charge >= 0.3 is 6.01 Å². The monoisotopic (exact) mass is 279 g/mol. The minimum atomic E-state index is 0.128. The Kier molecular flexibility index (Phi) is 5.38. The van der Waals surface area contributed by atoms with Crippen LogP contribution in [-0.2, 0) is 0 Å². The zero-order valence-electron chi connectivity index (χ0n) is 12.7. The summed E-state index contributed by atoms with van der Waals surface area (Å²) >= 11 is 0. The summed E-state index contributed by atoms with van der Waals surface area (Å²) in [5.41, 5.74) is 0. The Bertz CT molecular complexity index is 420. The van der Waals surface area contributed by atoms with Gasteiger partial charge < -0.3 is 15.0 Å². The summed E-state index contributed by atoms with van der Waals surface area (Å²) < 4.78 is 5.81. The van der Waals surface area contributed by atoms with Crippen molar-refractivity contribution in [2.45, 2.75) is 52.6 Å². The second-order valence-electron chi connectivity index (χ2n) is 5.18. The summed E-state index contributed by atoms with van der Waals surface area (Å²) in [6.45, 7) is 9.04. The Hall–Kier alpha value is -1.59. The third-order valence-corrected chi connectivity index (χ3v) is 3.33. The Labute approximate surface area is 121 Å². The first-order valence-corrected chi connectivity index (χ1v) is 7.64. The van der Waals surface area contributed by atoms with E-state index in [1.807, 2.05) is 6.92 Å². The number of anilines is 2. The van der Waals surface area contributed by atoms with Crippen LogP contribution in [0, 0.1) is 0 Å². The van der Waals surface area contributed by atoms with Gasteiger partial charge in [-0.2, -0.15) is 15.0 Å². The normalized spacial score (nSPS) is 16.2. The molecule has 0 saturated carbocycles. The topological polar surface area (TPSA) is 63.2 Å². The molecular weight excluding hydrogens is 254 g/mol. The molecule has 20 heavy (non-hydrogen) atoms. The van der Waals surface area contributed by atoms with Crippen LogP contribution in [0.1, 0.15) is 46.5 Å². The maximum absolute atomic E-state index is 5.81. The second kappa shape index (κ2) is 7.26. The number of hydrogen-bond donors (Lipinski definition) is 1. The van der Waals surface area contributed by atoms with E-state index in [-0.39, 0.29) is 6.10 Å². The van der Waals surface area contributed by atoms with Crippen LogP contribution < -0.4 is 15.0 Å². The van der Waals surface area contributed by atoms with Crippen molar-refractivity contribution in [2.75, 3.05) is 29.9 Å². The van der Waals surface area contributed by atoms with Gasteiger partial charge in [0.2, 0.25) is 11.9 Å². The number of rotatable bonds is 7. The molecule has 0 bridgehead atoms. The molecule has 112 valence electrons. The minimum Gasteiger partial charge on any atom is -0.460 e. The van der Waals surface area contributed by atoms with Gasteiger partial charge in [0.25, 0.3) is 0 Å². The number of nitrogens with zero attached hydrogens (tertiary/aromatic N) is 4. The number of nitrogens with one attached hydrogen (secondary N) is 1. The summed E-state index contributed by atoms with van der Waals surface area (Å²) in [5, 5.41) is 3.15. The van der Waals surface area contributed by atoms with Crippen molar-refractivity contribution in [1.82, 2.24) is 15.0 Å². The van der Waals surface area contributed by atoms with E-state index in [1.165, 1.54) is 12.8 Å². The van der Waals surface area contributed by atoms with Crippen molar-refractivity contribution in [3.8, 4) is 6.01 Å². The van der Waals surface area contributed by atoms with Crippen molar-refractivity contribution >= 4 is 11.9 Å². The highest BCUT2D eigenvalue weighted by atomic mass is 16.5. The lowest BCUT2D eigenvalue weighted by molar-refractivity contribution is 0.192. The van der Waals surface area contributed by atoms with Gasteiger partial charge in [-0.1, -0.05) is 13.3 Å². The van der Waals surface area contributed by atoms with Crippen LogP contribution in [-0.4, -0.2) is 40.7 Å². The smallest absolute Gasteiger partial charge is 0.323 e. The summed E-state index contributed by atoms with van der Waals surface area (Å²) in [4.78, 5) is 15.5. The molecule has 2 rings (SSSR count). The van der Waals surface area contributed by atoms with Crippen LogP contribution in [0.2, 0.25) is 0 Å². The second-order valence-corrected chi connectivity index (χ2v) is 5.18. The highest BCUT2D eigenvalue weighted by Crippen LogP contribution is 2.20. The molecule has 2 heterocycles. The van der Waals surface area contributed by atoms with Crippen molar-refractivity contribution in [2.24, 2.45) is 0 Å². The highest BCUT2D eigenvalue weighted by molar-refractivity contribution is 5.39. The summed E-state index contributed by atoms with van der Waals surface area (Å²) in [5.74, 6) is 1.33. The largest absolute Gasteiger partial charge is 0.460 e. The third-order valence-electron chi connectivity index (χ3n) is 3.33. The Morgan fingerprint density at radius 1 is 1.20 bits per heavy atom. The molecule has 1 saturated heterocycles. The van der Waals surface area contributed by atoms with Crippen molar-refractivity contribution in [3.63, 3.8) is 0 Å². The van der Waals surface area contributed by atoms with Crippen LogP contribution >= 0.6 is 0 Å². The van der Waals surface area contributed by atoms with Crippen LogP contribution in [0.3, 0.4) is 0 Å². The maximum atomic E-state index is 5.81. The SMILES string of the molecule is CCCC(C)Oc1nc(NCC)nc(N2CCCC2)n1. The van der Waals surface area contributed by atoms with Gasteiger partial charge in [-0.15, -0.1) is 0 Å². The number of ether oxygens (including phenoxy) is 1. The quantitative estimate of drug-likeness (QED) is 0.827. The number of aromatic nitrogens is 3. The maximum Gasteiger partial charge on any atom is 0.323 e. The lowest BCUT2D eigenvalue weighted by atomic mass is 10.2. The van der Waals surface area contributed by atoms with Crippen LogP contribution in [0.15, 0.2) is 0 Å². The first kappa shape index (κ1) is 14.8. The minimum absolute atomic E-state index is 0.128. The van der Waals surface area contributed by atoms with Crippen LogP contribution in [0.5, 0.6) is 6.01 Å². The summed E-state index contributed by atoms with van der Waals surface area (Å²) in [6, 6.07) is 0.429. The predicted octanol–water partition coefficient (Wildman–Crippen LogP) is 2.47. The van der Waals surface area contributed by atoms with E-state index in [0.29, 0.717) is 12.0 Å². The molecule has 1 aliphatic heterocycles. The van der Waals surface area contributed by atoms with Gasteiger partial charge in [0.15, 0.2) is 0 Å². The van der Waals surface area contributed by atoms with Crippen molar-refractivity contribution in [1.29, 1.82) is 0 Å². The van der Waals surface area contributed by atoms with Gasteiger partial charge in [0.1, 0.15) is 0 Å². The van der Waals surface area contributed by atoms with E-state index >= 15 is 0 Å². The molecule has 0 aliphatic carbocycles. The van der Waals surface area contributed by atoms with Gasteiger partial charge in [0, 0.05) is 19.6 Å². The molecule has 1 unspecified atom stereocenters. The zero-order valence-corrected chi connectivity index (χ0v) is 12.7. The Morgan fingerprint density at radius 2 is 1.95 bits per heavy atom. The van der Waals surface area contributed by atoms with E-state index in [9.17, 15) is 0 Å². The molecular formula is C14H25N5O. The number of hydrogen-bond acceptors (Lipinski definition) is 6. The molecule has 0 aromatic carbocycles. The summed E-state index contributed by atoms with van der Waals surface area (Å²) in [7, 11) is 0. The van der Waals surface area contributed by atoms with Gasteiger partial charge in [0.05, 0.1) is 6.10 Å². The van der Waals surface area contributed by atoms with Crippen molar-refractivity contribution < 1.29 is 4.74 Å². The zero-order chi connectivity index (χ0) is 14.4. The Balaban J connectivity index is 2.16. The van der Waals surface area contributed by atoms with E-state index in [4.69, 9.17) is 4.74 Å². The molecule has 1 N–H and O–H groups in total. The van der Waals surface area contributed by atoms with Gasteiger partial charge in [-0.3, -0.25) is 0 Å². The predicted molar refractivity (Wildman–Crippen MR) is 80.4 cm³/mol. The first-order valence-electron chi connectivity index (χ1n) is 7.64. The Morgan fingerprint density at radius 3 is 2.60 bits per heavy atom.